The number of hydrogen-bond acceptors (Lipinski definition) is 5. The largest absolute Gasteiger partial charge is 0.383 e. The van der Waals surface area contributed by atoms with E-state index >= 15 is 0 Å². The number of anilines is 3. The molecule has 0 atom stereocenters. The van der Waals surface area contributed by atoms with E-state index in [-0.39, 0.29) is 0 Å². The fraction of sp³-hybridized carbons (Fsp3) is 0.286. The van der Waals surface area contributed by atoms with Crippen LogP contribution in [0.4, 0.5) is 17.5 Å². The Bertz CT molecular complexity index is 612. The van der Waals surface area contributed by atoms with Crippen LogP contribution in [0, 0.1) is 0 Å². The van der Waals surface area contributed by atoms with E-state index in [4.69, 9.17) is 17.3 Å². The zero-order chi connectivity index (χ0) is 13.9. The van der Waals surface area contributed by atoms with Gasteiger partial charge in [0.15, 0.2) is 0 Å². The maximum absolute atomic E-state index is 6.05. The van der Waals surface area contributed by atoms with Gasteiger partial charge in [-0.2, -0.15) is 4.98 Å². The lowest BCUT2D eigenvalue weighted by Crippen LogP contribution is -2.16. The topological polar surface area (TPSA) is 75.9 Å². The first kappa shape index (κ1) is 13.1. The van der Waals surface area contributed by atoms with Crippen molar-refractivity contribution in [3.8, 4) is 0 Å². The van der Waals surface area contributed by atoms with Crippen LogP contribution in [0.15, 0.2) is 24.3 Å². The van der Waals surface area contributed by atoms with Gasteiger partial charge in [-0.15, -0.1) is 0 Å². The Kier molecular flexibility index (Phi) is 3.71. The fourth-order valence-electron chi connectivity index (χ4n) is 2.29. The van der Waals surface area contributed by atoms with E-state index < -0.39 is 0 Å². The summed E-state index contributed by atoms with van der Waals surface area (Å²) in [5.74, 6) is 1.10. The lowest BCUT2D eigenvalue weighted by atomic mass is 10.1. The number of aromatic nitrogens is 2. The molecule has 1 aromatic carbocycles. The lowest BCUT2D eigenvalue weighted by molar-refractivity contribution is 0.708. The molecule has 0 fully saturated rings. The third-order valence-electron chi connectivity index (χ3n) is 3.32. The smallest absolute Gasteiger partial charge is 0.229 e. The van der Waals surface area contributed by atoms with Gasteiger partial charge in [0.05, 0.1) is 5.69 Å². The van der Waals surface area contributed by atoms with Crippen molar-refractivity contribution in [3.63, 3.8) is 0 Å². The number of fused-ring (bicyclic) bond motifs is 1. The third kappa shape index (κ3) is 2.84. The summed E-state index contributed by atoms with van der Waals surface area (Å²) in [5.41, 5.74) is 9.03. The summed E-state index contributed by atoms with van der Waals surface area (Å²) in [4.78, 5) is 8.92. The quantitative estimate of drug-likeness (QED) is 0.790. The van der Waals surface area contributed by atoms with Crippen molar-refractivity contribution in [2.45, 2.75) is 12.8 Å². The van der Waals surface area contributed by atoms with E-state index in [1.54, 1.807) is 0 Å². The molecule has 4 N–H and O–H groups in total. The molecule has 1 aromatic heterocycles. The van der Waals surface area contributed by atoms with Crippen LogP contribution >= 0.6 is 11.6 Å². The minimum Gasteiger partial charge on any atom is -0.383 e. The Labute approximate surface area is 122 Å². The monoisotopic (exact) mass is 289 g/mol. The van der Waals surface area contributed by atoms with Gasteiger partial charge in [0.25, 0.3) is 0 Å². The maximum Gasteiger partial charge on any atom is 0.229 e. The fourth-order valence-corrected chi connectivity index (χ4v) is 2.42. The summed E-state index contributed by atoms with van der Waals surface area (Å²) in [6.07, 6.45) is 1.75. The third-order valence-corrected chi connectivity index (χ3v) is 3.57. The summed E-state index contributed by atoms with van der Waals surface area (Å²) in [5, 5.41) is 7.20. The second kappa shape index (κ2) is 5.64. The van der Waals surface area contributed by atoms with Crippen LogP contribution in [0.5, 0.6) is 0 Å². The van der Waals surface area contributed by atoms with Crippen LogP contribution in [0.2, 0.25) is 5.02 Å². The summed E-state index contributed by atoms with van der Waals surface area (Å²) in [6, 6.07) is 7.41. The zero-order valence-corrected chi connectivity index (χ0v) is 11.7. The number of benzene rings is 1. The number of hydrogen-bond donors (Lipinski definition) is 3. The van der Waals surface area contributed by atoms with Crippen LogP contribution in [0.1, 0.15) is 11.3 Å². The minimum atomic E-state index is 0.533. The SMILES string of the molecule is Nc1nc(Nc2ccc(Cl)cc2)nc2c1CCNCC2. The molecule has 6 heteroatoms. The van der Waals surface area contributed by atoms with Crippen molar-refractivity contribution in [3.05, 3.63) is 40.5 Å². The molecule has 5 nitrogen and oxygen atoms in total. The average molecular weight is 290 g/mol. The Morgan fingerprint density at radius 3 is 2.65 bits per heavy atom. The van der Waals surface area contributed by atoms with Gasteiger partial charge in [-0.3, -0.25) is 0 Å². The van der Waals surface area contributed by atoms with Gasteiger partial charge in [0, 0.05) is 29.2 Å². The first-order valence-electron chi connectivity index (χ1n) is 6.61. The van der Waals surface area contributed by atoms with Crippen molar-refractivity contribution in [2.75, 3.05) is 24.1 Å². The number of nitrogen functional groups attached to an aromatic ring is 1. The predicted molar refractivity (Wildman–Crippen MR) is 81.5 cm³/mol. The standard InChI is InChI=1S/C14H16ClN5/c15-9-1-3-10(4-2-9)18-14-19-12-6-8-17-7-5-11(12)13(16)20-14/h1-4,17H,5-8H2,(H3,16,18,19,20). The normalized spacial score (nSPS) is 14.4. The molecule has 20 heavy (non-hydrogen) atoms. The van der Waals surface area contributed by atoms with Crippen molar-refractivity contribution in [2.24, 2.45) is 0 Å². The number of nitrogens with two attached hydrogens (primary N) is 1. The molecule has 0 unspecified atom stereocenters. The molecule has 3 rings (SSSR count). The second-order valence-electron chi connectivity index (χ2n) is 4.74. The molecule has 2 heterocycles. The van der Waals surface area contributed by atoms with Crippen LogP contribution in [0.25, 0.3) is 0 Å². The Morgan fingerprint density at radius 1 is 1.10 bits per heavy atom. The molecule has 0 radical (unpaired) electrons. The van der Waals surface area contributed by atoms with E-state index in [9.17, 15) is 0 Å². The molecule has 0 saturated heterocycles. The number of nitrogens with zero attached hydrogens (tertiary/aromatic N) is 2. The number of halogens is 1. The Balaban J connectivity index is 1.89. The van der Waals surface area contributed by atoms with E-state index in [0.717, 1.165) is 42.9 Å². The molecule has 1 aliphatic rings. The molecule has 0 aliphatic carbocycles. The first-order valence-corrected chi connectivity index (χ1v) is 6.99. The lowest BCUT2D eigenvalue weighted by Gasteiger charge is -2.11. The molecule has 0 bridgehead atoms. The molecule has 0 amide bonds. The van der Waals surface area contributed by atoms with Gasteiger partial charge in [-0.05, 0) is 37.2 Å². The van der Waals surface area contributed by atoms with Crippen LogP contribution in [0.3, 0.4) is 0 Å². The van der Waals surface area contributed by atoms with Crippen molar-refractivity contribution in [1.29, 1.82) is 0 Å². The van der Waals surface area contributed by atoms with Crippen molar-refractivity contribution >= 4 is 29.1 Å². The summed E-state index contributed by atoms with van der Waals surface area (Å²) < 4.78 is 0. The molecule has 2 aromatic rings. The Morgan fingerprint density at radius 2 is 1.85 bits per heavy atom. The van der Waals surface area contributed by atoms with Crippen LogP contribution in [-0.4, -0.2) is 23.1 Å². The van der Waals surface area contributed by atoms with Gasteiger partial charge in [0.2, 0.25) is 5.95 Å². The highest BCUT2D eigenvalue weighted by molar-refractivity contribution is 6.30. The van der Waals surface area contributed by atoms with E-state index in [1.807, 2.05) is 24.3 Å². The van der Waals surface area contributed by atoms with Crippen LogP contribution in [-0.2, 0) is 12.8 Å². The van der Waals surface area contributed by atoms with E-state index in [0.29, 0.717) is 16.8 Å². The number of nitrogens with one attached hydrogen (secondary N) is 2. The Hall–Kier alpha value is -1.85. The first-order chi connectivity index (χ1) is 9.72. The minimum absolute atomic E-state index is 0.533. The summed E-state index contributed by atoms with van der Waals surface area (Å²) in [7, 11) is 0. The molecule has 1 aliphatic heterocycles. The molecular weight excluding hydrogens is 274 g/mol. The summed E-state index contributed by atoms with van der Waals surface area (Å²) in [6.45, 7) is 1.84. The summed E-state index contributed by atoms with van der Waals surface area (Å²) >= 11 is 5.87. The van der Waals surface area contributed by atoms with Crippen LogP contribution < -0.4 is 16.4 Å². The van der Waals surface area contributed by atoms with Gasteiger partial charge in [0.1, 0.15) is 5.82 Å². The predicted octanol–water partition coefficient (Wildman–Crippen LogP) is 2.14. The van der Waals surface area contributed by atoms with Gasteiger partial charge in [-0.25, -0.2) is 4.98 Å². The van der Waals surface area contributed by atoms with Gasteiger partial charge >= 0.3 is 0 Å². The molecular formula is C14H16ClN5. The van der Waals surface area contributed by atoms with E-state index in [1.165, 1.54) is 0 Å². The maximum atomic E-state index is 6.05. The van der Waals surface area contributed by atoms with Crippen molar-refractivity contribution in [1.82, 2.24) is 15.3 Å². The number of rotatable bonds is 2. The van der Waals surface area contributed by atoms with Gasteiger partial charge < -0.3 is 16.4 Å². The molecule has 0 saturated carbocycles. The highest BCUT2D eigenvalue weighted by Gasteiger charge is 2.14. The zero-order valence-electron chi connectivity index (χ0n) is 11.0. The average Bonchev–Trinajstić information content (AvgIpc) is 2.67. The highest BCUT2D eigenvalue weighted by atomic mass is 35.5. The van der Waals surface area contributed by atoms with Gasteiger partial charge in [-0.1, -0.05) is 11.6 Å². The molecule has 104 valence electrons. The highest BCUT2D eigenvalue weighted by Crippen LogP contribution is 2.21. The molecule has 0 spiro atoms. The second-order valence-corrected chi connectivity index (χ2v) is 5.18. The van der Waals surface area contributed by atoms with Crippen molar-refractivity contribution < 1.29 is 0 Å². The van der Waals surface area contributed by atoms with E-state index in [2.05, 4.69) is 20.6 Å².